The second-order valence-electron chi connectivity index (χ2n) is 15.8. The van der Waals surface area contributed by atoms with Gasteiger partial charge in [-0.15, -0.1) is 0 Å². The molecule has 0 aromatic rings. The van der Waals surface area contributed by atoms with Gasteiger partial charge in [-0.3, -0.25) is 0 Å². The fourth-order valence-electron chi connectivity index (χ4n) is 10.1. The van der Waals surface area contributed by atoms with Crippen LogP contribution in [0.5, 0.6) is 0 Å². The van der Waals surface area contributed by atoms with Crippen LogP contribution in [0.4, 0.5) is 0 Å². The zero-order valence-corrected chi connectivity index (χ0v) is 30.3. The molecule has 266 valence electrons. The number of nitrogens with two attached hydrogens (primary N) is 2. The number of nitrogens with one attached hydrogen (secondary N) is 1. The van der Waals surface area contributed by atoms with Gasteiger partial charge in [0.05, 0.1) is 18.3 Å². The number of aliphatic hydroxyl groups excluding tert-OH is 1. The van der Waals surface area contributed by atoms with Gasteiger partial charge < -0.3 is 31.4 Å². The maximum absolute atomic E-state index is 12.0. The van der Waals surface area contributed by atoms with E-state index in [4.69, 9.17) is 20.9 Å². The number of unbranched alkanes of at least 4 members (excludes halogenated alkanes) is 6. The molecule has 45 heavy (non-hydrogen) atoms. The molecule has 0 spiro atoms. The van der Waals surface area contributed by atoms with E-state index in [1.54, 1.807) is 0 Å². The van der Waals surface area contributed by atoms with Crippen molar-refractivity contribution < 1.29 is 14.6 Å². The van der Waals surface area contributed by atoms with Gasteiger partial charge in [0.2, 0.25) is 0 Å². The van der Waals surface area contributed by atoms with Crippen molar-refractivity contribution in [1.82, 2.24) is 5.32 Å². The van der Waals surface area contributed by atoms with Gasteiger partial charge in [0.15, 0.2) is 0 Å². The highest BCUT2D eigenvalue weighted by molar-refractivity contribution is 5.10. The first kappa shape index (κ1) is 39.2. The van der Waals surface area contributed by atoms with Crippen molar-refractivity contribution in [2.45, 2.75) is 168 Å². The smallest absolute Gasteiger partial charge is 0.0611 e. The van der Waals surface area contributed by atoms with Crippen molar-refractivity contribution in [2.24, 2.45) is 52.4 Å². The normalized spacial score (nSPS) is 32.7. The van der Waals surface area contributed by atoms with Crippen molar-refractivity contribution in [3.63, 3.8) is 0 Å². The number of hydrogen-bond acceptors (Lipinski definition) is 6. The van der Waals surface area contributed by atoms with Crippen LogP contribution in [0.15, 0.2) is 0 Å². The van der Waals surface area contributed by atoms with Crippen LogP contribution < -0.4 is 16.8 Å². The largest absolute Gasteiger partial charge is 0.393 e. The lowest BCUT2D eigenvalue weighted by Crippen LogP contribution is -2.57. The molecule has 0 amide bonds. The van der Waals surface area contributed by atoms with Crippen LogP contribution in [-0.4, -0.2) is 62.8 Å². The molecule has 3 aliphatic rings. The first-order valence-electron chi connectivity index (χ1n) is 19.9. The van der Waals surface area contributed by atoms with E-state index < -0.39 is 0 Å². The Kier molecular flexibility index (Phi) is 18.9. The Morgan fingerprint density at radius 1 is 0.822 bits per heavy atom. The van der Waals surface area contributed by atoms with E-state index in [-0.39, 0.29) is 17.6 Å². The Bertz CT molecular complexity index is 755. The minimum absolute atomic E-state index is 0.00378. The summed E-state index contributed by atoms with van der Waals surface area (Å²) in [7, 11) is 0. The molecule has 0 saturated heterocycles. The third kappa shape index (κ3) is 11.7. The molecule has 6 heteroatoms. The Balaban J connectivity index is 1.59. The molecule has 4 unspecified atom stereocenters. The number of fused-ring (bicyclic) bond motifs is 3. The molecular weight excluding hydrogens is 558 g/mol. The van der Waals surface area contributed by atoms with E-state index in [9.17, 15) is 5.11 Å². The van der Waals surface area contributed by atoms with Crippen LogP contribution in [0.1, 0.15) is 150 Å². The van der Waals surface area contributed by atoms with Gasteiger partial charge in [0.25, 0.3) is 0 Å². The predicted molar refractivity (Wildman–Crippen MR) is 190 cm³/mol. The first-order chi connectivity index (χ1) is 21.9. The topological polar surface area (TPSA) is 103 Å². The third-order valence-electron chi connectivity index (χ3n) is 12.5. The lowest BCUT2D eigenvalue weighted by atomic mass is 9.50. The number of rotatable bonds is 25. The molecule has 6 nitrogen and oxygen atoms in total. The minimum Gasteiger partial charge on any atom is -0.393 e. The summed E-state index contributed by atoms with van der Waals surface area (Å²) in [5.41, 5.74) is 11.7. The van der Waals surface area contributed by atoms with E-state index in [2.05, 4.69) is 33.0 Å². The molecular formula is C39H77N3O3. The zero-order chi connectivity index (χ0) is 32.5. The van der Waals surface area contributed by atoms with Gasteiger partial charge in [-0.25, -0.2) is 0 Å². The Hall–Kier alpha value is -0.240. The monoisotopic (exact) mass is 636 g/mol. The van der Waals surface area contributed by atoms with Gasteiger partial charge in [-0.1, -0.05) is 72.6 Å². The van der Waals surface area contributed by atoms with Gasteiger partial charge in [0.1, 0.15) is 0 Å². The third-order valence-corrected chi connectivity index (χ3v) is 12.5. The van der Waals surface area contributed by atoms with Crippen molar-refractivity contribution in [2.75, 3.05) is 39.4 Å². The van der Waals surface area contributed by atoms with Gasteiger partial charge in [0, 0.05) is 13.2 Å². The summed E-state index contributed by atoms with van der Waals surface area (Å²) in [4.78, 5) is 0. The summed E-state index contributed by atoms with van der Waals surface area (Å²) in [5.74, 6) is 3.54. The second kappa shape index (κ2) is 21.7. The summed E-state index contributed by atoms with van der Waals surface area (Å²) in [6.45, 7) is 14.7. The molecule has 0 heterocycles. The summed E-state index contributed by atoms with van der Waals surface area (Å²) >= 11 is 0. The van der Waals surface area contributed by atoms with Crippen molar-refractivity contribution in [3.8, 4) is 0 Å². The maximum atomic E-state index is 12.0. The molecule has 3 aliphatic carbocycles. The van der Waals surface area contributed by atoms with Gasteiger partial charge in [-0.05, 0) is 144 Å². The van der Waals surface area contributed by atoms with Crippen molar-refractivity contribution in [3.05, 3.63) is 0 Å². The molecule has 0 radical (unpaired) electrons. The van der Waals surface area contributed by atoms with Crippen LogP contribution in [-0.2, 0) is 9.47 Å². The molecule has 3 saturated carbocycles. The lowest BCUT2D eigenvalue weighted by Gasteiger charge is -2.57. The van der Waals surface area contributed by atoms with Crippen LogP contribution in [0, 0.1) is 40.9 Å². The first-order valence-corrected chi connectivity index (χ1v) is 19.9. The number of ether oxygens (including phenoxy) is 2. The van der Waals surface area contributed by atoms with Gasteiger partial charge >= 0.3 is 0 Å². The fraction of sp³-hybridized carbons (Fsp3) is 1.00. The van der Waals surface area contributed by atoms with Crippen LogP contribution >= 0.6 is 0 Å². The summed E-state index contributed by atoms with van der Waals surface area (Å²) in [6.07, 6.45) is 23.5. The average Bonchev–Trinajstić information content (AvgIpc) is 3.39. The molecule has 10 atom stereocenters. The van der Waals surface area contributed by atoms with Gasteiger partial charge in [-0.2, -0.15) is 0 Å². The minimum atomic E-state index is -0.204. The van der Waals surface area contributed by atoms with E-state index in [1.807, 2.05) is 0 Å². The molecule has 0 bridgehead atoms. The van der Waals surface area contributed by atoms with E-state index >= 15 is 0 Å². The Morgan fingerprint density at radius 3 is 2.29 bits per heavy atom. The standard InChI is InChI=1S/C39H77N3O3/c1-5-7-9-10-11-12-22-42-23-13-16-30(3)34-18-19-35-38-32(29-37(43)39(34,35)4)26-31(28-36(38)45-25-15-21-41)27-33(17-8-6-2)44-24-14-20-40/h30-38,42-43H,5-29,40-41H2,1-4H3/t30?,31?,32-,33+,34?,35-,36+,37-,38?,39+/m0/s1. The Labute approximate surface area is 279 Å². The highest BCUT2D eigenvalue weighted by Crippen LogP contribution is 2.64. The molecule has 0 aromatic heterocycles. The van der Waals surface area contributed by atoms with Crippen LogP contribution in [0.25, 0.3) is 0 Å². The summed E-state index contributed by atoms with van der Waals surface area (Å²) in [6, 6.07) is 0. The van der Waals surface area contributed by atoms with E-state index in [1.165, 1.54) is 83.5 Å². The van der Waals surface area contributed by atoms with Crippen LogP contribution in [0.3, 0.4) is 0 Å². The zero-order valence-electron chi connectivity index (χ0n) is 30.3. The molecule has 0 aliphatic heterocycles. The molecule has 3 fully saturated rings. The highest BCUT2D eigenvalue weighted by atomic mass is 16.5. The second-order valence-corrected chi connectivity index (χ2v) is 15.8. The summed E-state index contributed by atoms with van der Waals surface area (Å²) in [5, 5.41) is 15.7. The maximum Gasteiger partial charge on any atom is 0.0611 e. The molecule has 3 rings (SSSR count). The number of aliphatic hydroxyl groups is 1. The number of hydrogen-bond donors (Lipinski definition) is 4. The highest BCUT2D eigenvalue weighted by Gasteiger charge is 2.61. The quantitative estimate of drug-likeness (QED) is 0.0763. The average molecular weight is 636 g/mol. The van der Waals surface area contributed by atoms with Crippen molar-refractivity contribution in [1.29, 1.82) is 0 Å². The van der Waals surface area contributed by atoms with E-state index in [0.717, 1.165) is 64.8 Å². The Morgan fingerprint density at radius 2 is 1.53 bits per heavy atom. The van der Waals surface area contributed by atoms with Crippen molar-refractivity contribution >= 4 is 0 Å². The van der Waals surface area contributed by atoms with Crippen LogP contribution in [0.2, 0.25) is 0 Å². The molecule has 0 aromatic carbocycles. The lowest BCUT2D eigenvalue weighted by molar-refractivity contribution is -0.169. The van der Waals surface area contributed by atoms with E-state index in [0.29, 0.717) is 54.7 Å². The molecule has 6 N–H and O–H groups in total. The fourth-order valence-corrected chi connectivity index (χ4v) is 10.1. The SMILES string of the molecule is CCCCCCCCNCCCC(C)C1CC[C@H]2C3[C@@H](CC(C[C@@H](CCCC)OCCCN)C[C@H]3OCCCN)C[C@H](O)[C@]12C. The summed E-state index contributed by atoms with van der Waals surface area (Å²) < 4.78 is 13.2. The predicted octanol–water partition coefficient (Wildman–Crippen LogP) is 7.84.